The van der Waals surface area contributed by atoms with E-state index in [9.17, 15) is 4.79 Å². The lowest BCUT2D eigenvalue weighted by Crippen LogP contribution is -2.14. The molecule has 26 heavy (non-hydrogen) atoms. The van der Waals surface area contributed by atoms with Gasteiger partial charge in [0, 0.05) is 22.9 Å². The maximum atomic E-state index is 12.6. The summed E-state index contributed by atoms with van der Waals surface area (Å²) in [5.41, 5.74) is 8.42. The molecule has 4 N–H and O–H groups in total. The topological polar surface area (TPSA) is 70.9 Å². The Morgan fingerprint density at radius 2 is 2.12 bits per heavy atom. The largest absolute Gasteiger partial charge is 0.381 e. The molecule has 0 spiro atoms. The minimum absolute atomic E-state index is 0.163. The number of aromatic amines is 1. The van der Waals surface area contributed by atoms with Crippen molar-refractivity contribution in [1.29, 1.82) is 0 Å². The first-order valence-electron chi connectivity index (χ1n) is 9.92. The monoisotopic (exact) mass is 375 g/mol. The first-order valence-corrected chi connectivity index (χ1v) is 10.3. The Labute approximate surface area is 160 Å². The number of H-pyrrole nitrogens is 1. The first-order chi connectivity index (χ1) is 12.6. The highest BCUT2D eigenvalue weighted by molar-refractivity contribution is 6.32. The molecule has 0 radical (unpaired) electrons. The smallest absolute Gasteiger partial charge is 0.179 e. The molecule has 1 unspecified atom stereocenters. The van der Waals surface area contributed by atoms with Gasteiger partial charge in [-0.25, -0.2) is 0 Å². The lowest BCUT2D eigenvalue weighted by atomic mass is 9.98. The van der Waals surface area contributed by atoms with Crippen LogP contribution in [-0.2, 0) is 0 Å². The standard InChI is InChI=1S/C21H30ClN3O/c1-2-14(13-23)6-5-9-20(26)18-11-15-10-16(22)12-19(21(15)25-18)24-17-7-3-4-8-17/h10-12,14,17,24-25H,2-9,13,23H2,1H3. The van der Waals surface area contributed by atoms with Crippen LogP contribution in [0.2, 0.25) is 5.02 Å². The zero-order chi connectivity index (χ0) is 18.5. The average Bonchev–Trinajstić information content (AvgIpc) is 3.28. The third-order valence-corrected chi connectivity index (χ3v) is 5.85. The minimum Gasteiger partial charge on any atom is -0.381 e. The third-order valence-electron chi connectivity index (χ3n) is 5.64. The predicted octanol–water partition coefficient (Wildman–Crippen LogP) is 5.51. The van der Waals surface area contributed by atoms with Crippen LogP contribution in [-0.4, -0.2) is 23.4 Å². The fraction of sp³-hybridized carbons (Fsp3) is 0.571. The van der Waals surface area contributed by atoms with E-state index in [4.69, 9.17) is 17.3 Å². The Kier molecular flexibility index (Phi) is 6.60. The van der Waals surface area contributed by atoms with Crippen LogP contribution in [0.5, 0.6) is 0 Å². The van der Waals surface area contributed by atoms with Gasteiger partial charge in [-0.15, -0.1) is 0 Å². The molecule has 0 bridgehead atoms. The Morgan fingerprint density at radius 3 is 2.81 bits per heavy atom. The van der Waals surface area contributed by atoms with Gasteiger partial charge < -0.3 is 16.0 Å². The van der Waals surface area contributed by atoms with Crippen LogP contribution >= 0.6 is 11.6 Å². The molecule has 1 atom stereocenters. The van der Waals surface area contributed by atoms with E-state index in [0.717, 1.165) is 35.9 Å². The van der Waals surface area contributed by atoms with E-state index in [-0.39, 0.29) is 5.78 Å². The molecular formula is C21H30ClN3O. The molecular weight excluding hydrogens is 346 g/mol. The number of carbonyl (C=O) groups excluding carboxylic acids is 1. The van der Waals surface area contributed by atoms with Gasteiger partial charge in [-0.3, -0.25) is 4.79 Å². The molecule has 1 aliphatic rings. The van der Waals surface area contributed by atoms with E-state index in [1.54, 1.807) is 0 Å². The number of carbonyl (C=O) groups is 1. The molecule has 142 valence electrons. The molecule has 1 aromatic heterocycles. The number of anilines is 1. The van der Waals surface area contributed by atoms with Gasteiger partial charge in [-0.1, -0.05) is 37.8 Å². The van der Waals surface area contributed by atoms with Crippen molar-refractivity contribution in [3.8, 4) is 0 Å². The second-order valence-corrected chi connectivity index (χ2v) is 7.99. The first kappa shape index (κ1) is 19.2. The average molecular weight is 376 g/mol. The number of halogens is 1. The minimum atomic E-state index is 0.163. The quantitative estimate of drug-likeness (QED) is 0.506. The van der Waals surface area contributed by atoms with Gasteiger partial charge in [0.1, 0.15) is 0 Å². The molecule has 0 saturated heterocycles. The number of hydrogen-bond donors (Lipinski definition) is 3. The van der Waals surface area contributed by atoms with Gasteiger partial charge in [0.05, 0.1) is 16.9 Å². The highest BCUT2D eigenvalue weighted by Gasteiger charge is 2.18. The number of hydrogen-bond acceptors (Lipinski definition) is 3. The highest BCUT2D eigenvalue weighted by Crippen LogP contribution is 2.31. The summed E-state index contributed by atoms with van der Waals surface area (Å²) in [5, 5.41) is 5.30. The summed E-state index contributed by atoms with van der Waals surface area (Å²) < 4.78 is 0. The molecule has 0 amide bonds. The third kappa shape index (κ3) is 4.60. The maximum Gasteiger partial charge on any atom is 0.179 e. The van der Waals surface area contributed by atoms with Crippen LogP contribution in [0.1, 0.15) is 68.8 Å². The fourth-order valence-electron chi connectivity index (χ4n) is 3.94. The molecule has 4 nitrogen and oxygen atoms in total. The lowest BCUT2D eigenvalue weighted by molar-refractivity contribution is 0.0973. The summed E-state index contributed by atoms with van der Waals surface area (Å²) in [6, 6.07) is 6.32. The Balaban J connectivity index is 1.72. The lowest BCUT2D eigenvalue weighted by Gasteiger charge is -2.14. The van der Waals surface area contributed by atoms with E-state index in [1.807, 2.05) is 18.2 Å². The number of nitrogens with two attached hydrogens (primary N) is 1. The van der Waals surface area contributed by atoms with Crippen molar-refractivity contribution in [2.45, 2.75) is 64.3 Å². The molecule has 2 aromatic rings. The zero-order valence-corrected chi connectivity index (χ0v) is 16.4. The Bertz CT molecular complexity index is 745. The molecule has 1 fully saturated rings. The van der Waals surface area contributed by atoms with Crippen molar-refractivity contribution in [3.05, 3.63) is 28.9 Å². The van der Waals surface area contributed by atoms with Crippen LogP contribution in [0.3, 0.4) is 0 Å². The number of Topliss-reactive ketones (excluding diaryl/α,β-unsaturated/α-hetero) is 1. The van der Waals surface area contributed by atoms with Gasteiger partial charge in [-0.05, 0) is 56.3 Å². The molecule has 1 saturated carbocycles. The van der Waals surface area contributed by atoms with Crippen molar-refractivity contribution in [3.63, 3.8) is 0 Å². The zero-order valence-electron chi connectivity index (χ0n) is 15.6. The molecule has 1 aliphatic carbocycles. The van der Waals surface area contributed by atoms with E-state index < -0.39 is 0 Å². The van der Waals surface area contributed by atoms with E-state index in [1.165, 1.54) is 25.7 Å². The molecule has 5 heteroatoms. The molecule has 3 rings (SSSR count). The van der Waals surface area contributed by atoms with Crippen LogP contribution in [0.4, 0.5) is 5.69 Å². The predicted molar refractivity (Wildman–Crippen MR) is 110 cm³/mol. The molecule has 1 heterocycles. The maximum absolute atomic E-state index is 12.6. The van der Waals surface area contributed by atoms with Crippen molar-refractivity contribution >= 4 is 34.0 Å². The second kappa shape index (κ2) is 8.92. The van der Waals surface area contributed by atoms with Gasteiger partial charge >= 0.3 is 0 Å². The van der Waals surface area contributed by atoms with Gasteiger partial charge in [0.15, 0.2) is 5.78 Å². The summed E-state index contributed by atoms with van der Waals surface area (Å²) in [7, 11) is 0. The summed E-state index contributed by atoms with van der Waals surface area (Å²) >= 11 is 6.30. The van der Waals surface area contributed by atoms with Crippen molar-refractivity contribution in [2.75, 3.05) is 11.9 Å². The highest BCUT2D eigenvalue weighted by atomic mass is 35.5. The summed E-state index contributed by atoms with van der Waals surface area (Å²) in [6.07, 6.45) is 8.47. The fourth-order valence-corrected chi connectivity index (χ4v) is 4.16. The number of ketones is 1. The molecule has 0 aliphatic heterocycles. The van der Waals surface area contributed by atoms with E-state index >= 15 is 0 Å². The van der Waals surface area contributed by atoms with Crippen LogP contribution in [0, 0.1) is 5.92 Å². The van der Waals surface area contributed by atoms with Crippen LogP contribution in [0.25, 0.3) is 10.9 Å². The summed E-state index contributed by atoms with van der Waals surface area (Å²) in [6.45, 7) is 2.85. The van der Waals surface area contributed by atoms with Gasteiger partial charge in [-0.2, -0.15) is 0 Å². The normalized spacial score (nSPS) is 16.3. The van der Waals surface area contributed by atoms with Crippen LogP contribution < -0.4 is 11.1 Å². The summed E-state index contributed by atoms with van der Waals surface area (Å²) in [5.74, 6) is 0.683. The second-order valence-electron chi connectivity index (χ2n) is 7.55. The SMILES string of the molecule is CCC(CN)CCCC(=O)c1cc2cc(Cl)cc(NC3CCCC3)c2[nH]1. The number of nitrogens with one attached hydrogen (secondary N) is 2. The number of benzene rings is 1. The number of rotatable bonds is 9. The van der Waals surface area contributed by atoms with Gasteiger partial charge in [0.25, 0.3) is 0 Å². The van der Waals surface area contributed by atoms with E-state index in [0.29, 0.717) is 35.6 Å². The van der Waals surface area contributed by atoms with Crippen molar-refractivity contribution in [2.24, 2.45) is 11.7 Å². The van der Waals surface area contributed by atoms with Crippen molar-refractivity contribution < 1.29 is 4.79 Å². The Hall–Kier alpha value is -1.52. The van der Waals surface area contributed by atoms with Crippen LogP contribution in [0.15, 0.2) is 18.2 Å². The van der Waals surface area contributed by atoms with Gasteiger partial charge in [0.2, 0.25) is 0 Å². The Morgan fingerprint density at radius 1 is 1.35 bits per heavy atom. The summed E-state index contributed by atoms with van der Waals surface area (Å²) in [4.78, 5) is 15.9. The molecule has 1 aromatic carbocycles. The number of fused-ring (bicyclic) bond motifs is 1. The number of aromatic nitrogens is 1. The van der Waals surface area contributed by atoms with E-state index in [2.05, 4.69) is 17.2 Å². The van der Waals surface area contributed by atoms with Crippen molar-refractivity contribution in [1.82, 2.24) is 4.98 Å².